The van der Waals surface area contributed by atoms with Gasteiger partial charge in [0.2, 0.25) is 0 Å². The number of fused-ring (bicyclic) bond motifs is 1. The van der Waals surface area contributed by atoms with Crippen LogP contribution in [0.4, 0.5) is 5.82 Å². The van der Waals surface area contributed by atoms with Crippen LogP contribution in [0.5, 0.6) is 5.75 Å². The van der Waals surface area contributed by atoms with E-state index in [1.54, 1.807) is 0 Å². The molecule has 1 atom stereocenters. The van der Waals surface area contributed by atoms with E-state index >= 15 is 0 Å². The zero-order valence-corrected chi connectivity index (χ0v) is 20.3. The number of ether oxygens (including phenoxy) is 1. The van der Waals surface area contributed by atoms with Gasteiger partial charge < -0.3 is 14.7 Å². The van der Waals surface area contributed by atoms with Crippen molar-refractivity contribution in [3.05, 3.63) is 96.2 Å². The highest BCUT2D eigenvalue weighted by Gasteiger charge is 2.24. The second-order valence-corrected chi connectivity index (χ2v) is 9.22. The summed E-state index contributed by atoms with van der Waals surface area (Å²) in [6.45, 7) is 0.539. The SMILES string of the molecule is CN(CC1CCc2c(cccc2OCC(=O)O)C1)c1cnc(-c2ccccc2)c(-c2ccccc2)n1. The van der Waals surface area contributed by atoms with Crippen molar-refractivity contribution in [3.63, 3.8) is 0 Å². The number of aliphatic carboxylic acids is 1. The summed E-state index contributed by atoms with van der Waals surface area (Å²) in [5.74, 6) is 1.03. The van der Waals surface area contributed by atoms with E-state index in [-0.39, 0.29) is 6.61 Å². The van der Waals surface area contributed by atoms with Crippen molar-refractivity contribution >= 4 is 11.8 Å². The highest BCUT2D eigenvalue weighted by Crippen LogP contribution is 2.34. The minimum absolute atomic E-state index is 0.315. The zero-order chi connectivity index (χ0) is 24.9. The number of benzene rings is 3. The number of carboxylic acids is 1. The fourth-order valence-electron chi connectivity index (χ4n) is 4.93. The lowest BCUT2D eigenvalue weighted by atomic mass is 9.83. The number of carbonyl (C=O) groups is 1. The van der Waals surface area contributed by atoms with Crippen LogP contribution in [0.15, 0.2) is 85.1 Å². The molecule has 0 spiro atoms. The van der Waals surface area contributed by atoms with Crippen molar-refractivity contribution in [2.45, 2.75) is 19.3 Å². The number of hydrogen-bond donors (Lipinski definition) is 1. The lowest BCUT2D eigenvalue weighted by Crippen LogP contribution is -2.30. The van der Waals surface area contributed by atoms with E-state index in [4.69, 9.17) is 19.8 Å². The normalized spacial score (nSPS) is 14.6. The van der Waals surface area contributed by atoms with Gasteiger partial charge in [-0.05, 0) is 42.4 Å². The minimum Gasteiger partial charge on any atom is -0.482 e. The molecule has 1 aromatic heterocycles. The van der Waals surface area contributed by atoms with Crippen molar-refractivity contribution in [2.24, 2.45) is 5.92 Å². The highest BCUT2D eigenvalue weighted by atomic mass is 16.5. The average Bonchev–Trinajstić information content (AvgIpc) is 2.92. The fourth-order valence-corrected chi connectivity index (χ4v) is 4.93. The van der Waals surface area contributed by atoms with Gasteiger partial charge in [0.1, 0.15) is 11.6 Å². The van der Waals surface area contributed by atoms with Gasteiger partial charge in [0.25, 0.3) is 0 Å². The molecule has 0 saturated carbocycles. The van der Waals surface area contributed by atoms with Crippen LogP contribution in [-0.2, 0) is 17.6 Å². The summed E-state index contributed by atoms with van der Waals surface area (Å²) in [6, 6.07) is 26.3. The number of nitrogens with zero attached hydrogens (tertiary/aromatic N) is 3. The van der Waals surface area contributed by atoms with Crippen molar-refractivity contribution in [1.82, 2.24) is 9.97 Å². The first-order valence-electron chi connectivity index (χ1n) is 12.2. The van der Waals surface area contributed by atoms with Gasteiger partial charge in [0, 0.05) is 24.7 Å². The Labute approximate surface area is 211 Å². The molecule has 0 bridgehead atoms. The highest BCUT2D eigenvalue weighted by molar-refractivity contribution is 5.78. The summed E-state index contributed by atoms with van der Waals surface area (Å²) in [7, 11) is 2.07. The van der Waals surface area contributed by atoms with E-state index < -0.39 is 5.97 Å². The standard InChI is InChI=1S/C30H29N3O3/c1-33(19-21-15-16-25-24(17-21)13-8-14-26(25)36-20-28(34)35)27-18-31-29(22-9-4-2-5-10-22)30(32-27)23-11-6-3-7-12-23/h2-14,18,21H,15-17,19-20H2,1H3,(H,34,35). The summed E-state index contributed by atoms with van der Waals surface area (Å²) >= 11 is 0. The Morgan fingerprint density at radius 1 is 0.972 bits per heavy atom. The lowest BCUT2D eigenvalue weighted by molar-refractivity contribution is -0.139. The van der Waals surface area contributed by atoms with Crippen LogP contribution in [0.25, 0.3) is 22.5 Å². The number of carboxylic acid groups (broad SMARTS) is 1. The van der Waals surface area contributed by atoms with Gasteiger partial charge in [-0.25, -0.2) is 9.78 Å². The first-order valence-corrected chi connectivity index (χ1v) is 12.2. The molecule has 1 heterocycles. The second kappa shape index (κ2) is 10.6. The molecule has 4 aromatic rings. The molecule has 0 aliphatic heterocycles. The van der Waals surface area contributed by atoms with E-state index in [1.807, 2.05) is 54.7 Å². The van der Waals surface area contributed by atoms with Gasteiger partial charge in [-0.15, -0.1) is 0 Å². The third kappa shape index (κ3) is 5.23. The molecular weight excluding hydrogens is 450 g/mol. The molecule has 0 amide bonds. The van der Waals surface area contributed by atoms with Crippen molar-refractivity contribution in [1.29, 1.82) is 0 Å². The number of anilines is 1. The number of rotatable bonds is 8. The van der Waals surface area contributed by atoms with Gasteiger partial charge in [0.05, 0.1) is 17.6 Å². The maximum Gasteiger partial charge on any atom is 0.341 e. The van der Waals surface area contributed by atoms with E-state index in [9.17, 15) is 4.79 Å². The molecule has 1 unspecified atom stereocenters. The van der Waals surface area contributed by atoms with Gasteiger partial charge in [-0.2, -0.15) is 0 Å². The number of hydrogen-bond acceptors (Lipinski definition) is 5. The Morgan fingerprint density at radius 2 is 1.67 bits per heavy atom. The first-order chi connectivity index (χ1) is 17.6. The van der Waals surface area contributed by atoms with Gasteiger partial charge >= 0.3 is 5.97 Å². The van der Waals surface area contributed by atoms with Crippen LogP contribution < -0.4 is 9.64 Å². The number of aromatic nitrogens is 2. The summed E-state index contributed by atoms with van der Waals surface area (Å²) in [5, 5.41) is 8.96. The Morgan fingerprint density at radius 3 is 2.36 bits per heavy atom. The molecule has 0 fully saturated rings. The predicted molar refractivity (Wildman–Crippen MR) is 141 cm³/mol. The molecule has 6 heteroatoms. The van der Waals surface area contributed by atoms with E-state index in [1.165, 1.54) is 5.56 Å². The average molecular weight is 480 g/mol. The summed E-state index contributed by atoms with van der Waals surface area (Å²) in [5.41, 5.74) is 6.20. The summed E-state index contributed by atoms with van der Waals surface area (Å²) in [4.78, 5) is 23.0. The molecule has 1 aliphatic carbocycles. The topological polar surface area (TPSA) is 75.5 Å². The monoisotopic (exact) mass is 479 g/mol. The van der Waals surface area contributed by atoms with Crippen molar-refractivity contribution in [2.75, 3.05) is 25.1 Å². The van der Waals surface area contributed by atoms with Crippen LogP contribution in [0.2, 0.25) is 0 Å². The van der Waals surface area contributed by atoms with Crippen molar-refractivity contribution in [3.8, 4) is 28.3 Å². The van der Waals surface area contributed by atoms with Crippen LogP contribution in [0.1, 0.15) is 17.5 Å². The molecule has 0 saturated heterocycles. The minimum atomic E-state index is -0.961. The van der Waals surface area contributed by atoms with E-state index in [0.717, 1.165) is 59.7 Å². The quantitative estimate of drug-likeness (QED) is 0.359. The molecule has 5 rings (SSSR count). The van der Waals surface area contributed by atoms with Crippen LogP contribution in [-0.4, -0.2) is 41.2 Å². The molecule has 3 aromatic carbocycles. The first kappa shape index (κ1) is 23.5. The fraction of sp³-hybridized carbons (Fsp3) is 0.233. The van der Waals surface area contributed by atoms with Gasteiger partial charge in [0.15, 0.2) is 6.61 Å². The molecule has 0 radical (unpaired) electrons. The molecule has 182 valence electrons. The molecule has 36 heavy (non-hydrogen) atoms. The van der Waals surface area contributed by atoms with Crippen LogP contribution >= 0.6 is 0 Å². The maximum atomic E-state index is 10.9. The van der Waals surface area contributed by atoms with E-state index in [0.29, 0.717) is 11.7 Å². The van der Waals surface area contributed by atoms with Gasteiger partial charge in [-0.3, -0.25) is 4.98 Å². The zero-order valence-electron chi connectivity index (χ0n) is 20.3. The van der Waals surface area contributed by atoms with Crippen LogP contribution in [0.3, 0.4) is 0 Å². The molecule has 6 nitrogen and oxygen atoms in total. The van der Waals surface area contributed by atoms with Gasteiger partial charge in [-0.1, -0.05) is 72.8 Å². The molecule has 1 aliphatic rings. The maximum absolute atomic E-state index is 10.9. The largest absolute Gasteiger partial charge is 0.482 e. The summed E-state index contributed by atoms with van der Waals surface area (Å²) < 4.78 is 5.53. The molecular formula is C30H29N3O3. The Hall–Kier alpha value is -4.19. The third-order valence-corrected chi connectivity index (χ3v) is 6.67. The second-order valence-electron chi connectivity index (χ2n) is 9.22. The Bertz CT molecular complexity index is 1340. The smallest absolute Gasteiger partial charge is 0.341 e. The third-order valence-electron chi connectivity index (χ3n) is 6.67. The lowest BCUT2D eigenvalue weighted by Gasteiger charge is -2.30. The summed E-state index contributed by atoms with van der Waals surface area (Å²) in [6.07, 6.45) is 4.66. The van der Waals surface area contributed by atoms with Crippen molar-refractivity contribution < 1.29 is 14.6 Å². The Kier molecular flexibility index (Phi) is 6.94. The predicted octanol–water partition coefficient (Wildman–Crippen LogP) is 5.52. The van der Waals surface area contributed by atoms with Crippen LogP contribution in [0, 0.1) is 5.92 Å². The molecule has 1 N–H and O–H groups in total. The van der Waals surface area contributed by atoms with E-state index in [2.05, 4.69) is 42.3 Å². The Balaban J connectivity index is 1.36.